The van der Waals surface area contributed by atoms with Crippen molar-refractivity contribution in [3.63, 3.8) is 0 Å². The van der Waals surface area contributed by atoms with Crippen LogP contribution in [0.3, 0.4) is 0 Å². The summed E-state index contributed by atoms with van der Waals surface area (Å²) in [6.45, 7) is 1.44. The van der Waals surface area contributed by atoms with Crippen LogP contribution < -0.4 is 7.65 Å². The molecule has 2 aromatic rings. The summed E-state index contributed by atoms with van der Waals surface area (Å²) in [5.74, 6) is 0.330. The molecule has 2 N–H and O–H groups in total. The fourth-order valence-electron chi connectivity index (χ4n) is 1.28. The molecule has 0 fully saturated rings. The number of amides is 1. The number of H-pyrrole nitrogens is 1. The number of hydrogen-bond donors (Lipinski definition) is 2. The van der Waals surface area contributed by atoms with Crippen LogP contribution in [0.15, 0.2) is 12.7 Å². The van der Waals surface area contributed by atoms with Gasteiger partial charge in [-0.15, -0.1) is 0 Å². The number of anilines is 1. The van der Waals surface area contributed by atoms with Crippen molar-refractivity contribution in [2.24, 2.45) is 0 Å². The second-order valence-electron chi connectivity index (χ2n) is 2.96. The van der Waals surface area contributed by atoms with E-state index >= 15 is 0 Å². The molecular formula is C7H7ClHgN5O+. The van der Waals surface area contributed by atoms with E-state index < -0.39 is 23.6 Å². The van der Waals surface area contributed by atoms with Crippen molar-refractivity contribution in [2.75, 3.05) is 5.32 Å². The van der Waals surface area contributed by atoms with Crippen LogP contribution in [0.2, 0.25) is 0 Å². The van der Waals surface area contributed by atoms with Crippen molar-refractivity contribution in [3.8, 4) is 0 Å². The van der Waals surface area contributed by atoms with E-state index in [1.165, 1.54) is 13.3 Å². The molecule has 6 nitrogen and oxygen atoms in total. The predicted molar refractivity (Wildman–Crippen MR) is 49.6 cm³/mol. The fourth-order valence-corrected chi connectivity index (χ4v) is 4.88. The van der Waals surface area contributed by atoms with Gasteiger partial charge in [-0.05, 0) is 0 Å². The molecule has 0 unspecified atom stereocenters. The van der Waals surface area contributed by atoms with E-state index in [9.17, 15) is 4.79 Å². The summed E-state index contributed by atoms with van der Waals surface area (Å²) in [6.07, 6.45) is 3.19. The Bertz CT molecular complexity index is 513. The van der Waals surface area contributed by atoms with Gasteiger partial charge in [-0.3, -0.25) is 0 Å². The van der Waals surface area contributed by atoms with Crippen LogP contribution in [0.25, 0.3) is 11.2 Å². The molecule has 2 rings (SSSR count). The van der Waals surface area contributed by atoms with E-state index in [0.717, 1.165) is 5.65 Å². The molecule has 0 saturated heterocycles. The molecule has 0 aromatic carbocycles. The molecule has 0 aliphatic heterocycles. The second-order valence-corrected chi connectivity index (χ2v) is 8.64. The van der Waals surface area contributed by atoms with Crippen LogP contribution >= 0.6 is 8.25 Å². The van der Waals surface area contributed by atoms with Crippen LogP contribution in [0.1, 0.15) is 6.92 Å². The number of fused-ring (bicyclic) bond motifs is 1. The quantitative estimate of drug-likeness (QED) is 0.692. The standard InChI is InChI=1S/C7H7N5O.ClH.Hg/c1-4(13)12-7-5-6(9-2-8-5)10-3-11-7;;/h2-3H,1H3,(H2,8,9,10,11,12,13);1H;/q;;+2/p-1. The van der Waals surface area contributed by atoms with Gasteiger partial charge in [0, 0.05) is 0 Å². The van der Waals surface area contributed by atoms with E-state index in [2.05, 4.69) is 20.3 Å². The number of rotatable bonds is 2. The first-order valence-electron chi connectivity index (χ1n) is 4.27. The number of nitrogens with zero attached hydrogens (tertiary/aromatic N) is 3. The summed E-state index contributed by atoms with van der Waals surface area (Å²) >= 11 is -1.58. The Labute approximate surface area is 101 Å². The Kier molecular flexibility index (Phi) is 3.15. The Morgan fingerprint density at radius 3 is 3.13 bits per heavy atom. The third-order valence-corrected chi connectivity index (χ3v) is 7.02. The summed E-state index contributed by atoms with van der Waals surface area (Å²) in [6, 6.07) is 0. The molecule has 0 spiro atoms. The minimum absolute atomic E-state index is 0.161. The summed E-state index contributed by atoms with van der Waals surface area (Å²) in [4.78, 5) is 22.0. The van der Waals surface area contributed by atoms with Gasteiger partial charge >= 0.3 is 102 Å². The molecule has 0 saturated carbocycles. The summed E-state index contributed by atoms with van der Waals surface area (Å²) in [5, 5.41) is 2.63. The van der Waals surface area contributed by atoms with E-state index in [1.54, 1.807) is 6.33 Å². The van der Waals surface area contributed by atoms with Gasteiger partial charge in [0.1, 0.15) is 0 Å². The normalized spacial score (nSPS) is 10.0. The number of hydrogen-bond acceptors (Lipinski definition) is 3. The molecule has 2 aromatic heterocycles. The third-order valence-electron chi connectivity index (χ3n) is 1.89. The van der Waals surface area contributed by atoms with Crippen molar-refractivity contribution in [3.05, 3.63) is 12.7 Å². The molecule has 74 valence electrons. The van der Waals surface area contributed by atoms with Crippen LogP contribution in [-0.4, -0.2) is 20.9 Å². The number of carbonyl (C=O) groups is 1. The Morgan fingerprint density at radius 2 is 2.47 bits per heavy atom. The Hall–Kier alpha value is -0.755. The van der Waals surface area contributed by atoms with E-state index in [-0.39, 0.29) is 5.91 Å². The molecule has 1 amide bonds. The topological polar surface area (TPSA) is 74.5 Å². The average Bonchev–Trinajstić information content (AvgIpc) is 2.61. The van der Waals surface area contributed by atoms with Crippen molar-refractivity contribution in [1.29, 1.82) is 0 Å². The van der Waals surface area contributed by atoms with E-state index in [0.29, 0.717) is 11.3 Å². The predicted octanol–water partition coefficient (Wildman–Crippen LogP) is 0.203. The molecule has 0 aliphatic rings. The molecular weight excluding hydrogens is 406 g/mol. The Balaban J connectivity index is 2.56. The monoisotopic (exact) mass is 414 g/mol. The summed E-state index contributed by atoms with van der Waals surface area (Å²) in [5.41, 5.74) is 1.47. The first kappa shape index (κ1) is 10.8. The number of aromatic amines is 1. The van der Waals surface area contributed by atoms with Gasteiger partial charge in [-0.2, -0.15) is 0 Å². The summed E-state index contributed by atoms with van der Waals surface area (Å²) < 4.78 is 1.93. The van der Waals surface area contributed by atoms with Crippen molar-refractivity contribution in [2.45, 2.75) is 6.92 Å². The number of nitrogens with one attached hydrogen (secondary N) is 2. The number of aromatic nitrogens is 4. The SMILES string of the molecule is CC(=O)Nc1ncnc2c1[nH]c[n+]2[Hg][Cl]. The summed E-state index contributed by atoms with van der Waals surface area (Å²) in [7, 11) is 5.92. The number of carbonyl (C=O) groups excluding carboxylic acids is 1. The molecule has 8 heteroatoms. The molecule has 0 atom stereocenters. The molecule has 0 bridgehead atoms. The van der Waals surface area contributed by atoms with Gasteiger partial charge in [0.25, 0.3) is 0 Å². The minimum atomic E-state index is -1.58. The van der Waals surface area contributed by atoms with Crippen LogP contribution in [0, 0.1) is 0 Å². The zero-order valence-corrected chi connectivity index (χ0v) is 14.2. The van der Waals surface area contributed by atoms with Crippen molar-refractivity contribution >= 4 is 31.1 Å². The molecule has 2 heterocycles. The van der Waals surface area contributed by atoms with Gasteiger partial charge in [-0.1, -0.05) is 0 Å². The first-order valence-corrected chi connectivity index (χ1v) is 13.5. The van der Waals surface area contributed by atoms with Gasteiger partial charge < -0.3 is 0 Å². The maximum absolute atomic E-state index is 10.9. The second kappa shape index (κ2) is 4.40. The van der Waals surface area contributed by atoms with Gasteiger partial charge in [0.05, 0.1) is 0 Å². The molecule has 0 aliphatic carbocycles. The Morgan fingerprint density at radius 1 is 1.67 bits per heavy atom. The number of imidazole rings is 1. The van der Waals surface area contributed by atoms with Gasteiger partial charge in [0.2, 0.25) is 0 Å². The van der Waals surface area contributed by atoms with Gasteiger partial charge in [0.15, 0.2) is 0 Å². The zero-order valence-electron chi connectivity index (χ0n) is 7.99. The zero-order chi connectivity index (χ0) is 10.8. The van der Waals surface area contributed by atoms with Crippen molar-refractivity contribution in [1.82, 2.24) is 15.0 Å². The van der Waals surface area contributed by atoms with Crippen LogP contribution in [-0.2, 0) is 28.4 Å². The number of halogens is 1. The molecule has 0 radical (unpaired) electrons. The van der Waals surface area contributed by atoms with E-state index in [4.69, 9.17) is 8.25 Å². The van der Waals surface area contributed by atoms with Crippen LogP contribution in [0.4, 0.5) is 5.82 Å². The molecule has 15 heavy (non-hydrogen) atoms. The van der Waals surface area contributed by atoms with Crippen molar-refractivity contribution < 1.29 is 30.8 Å². The fraction of sp³-hybridized carbons (Fsp3) is 0.143. The van der Waals surface area contributed by atoms with Crippen LogP contribution in [0.5, 0.6) is 0 Å². The maximum atomic E-state index is 10.9. The average molecular weight is 413 g/mol. The third kappa shape index (κ3) is 2.10. The van der Waals surface area contributed by atoms with Gasteiger partial charge in [-0.25, -0.2) is 0 Å². The van der Waals surface area contributed by atoms with E-state index in [1.807, 2.05) is 2.33 Å². The first-order chi connectivity index (χ1) is 7.22.